The van der Waals surface area contributed by atoms with Crippen LogP contribution in [-0.4, -0.2) is 11.6 Å². The molecule has 6 aromatic rings. The molecule has 0 radical (unpaired) electrons. The van der Waals surface area contributed by atoms with Crippen molar-refractivity contribution in [2.24, 2.45) is 0 Å². The van der Waals surface area contributed by atoms with E-state index in [0.29, 0.717) is 0 Å². The monoisotopic (exact) mass is 445 g/mol. The molecule has 3 nitrogen and oxygen atoms in total. The van der Waals surface area contributed by atoms with Crippen LogP contribution in [-0.2, 0) is 0 Å². The lowest BCUT2D eigenvalue weighted by Gasteiger charge is -2.50. The van der Waals surface area contributed by atoms with Gasteiger partial charge in [-0.1, -0.05) is 79.4 Å². The van der Waals surface area contributed by atoms with E-state index >= 15 is 0 Å². The third-order valence-electron chi connectivity index (χ3n) is 8.32. The number of fused-ring (bicyclic) bond motifs is 5. The van der Waals surface area contributed by atoms with E-state index in [-0.39, 0.29) is 7.12 Å². The van der Waals surface area contributed by atoms with Gasteiger partial charge in [-0.2, -0.15) is 0 Å². The average Bonchev–Trinajstić information content (AvgIpc) is 3.26. The molecular formula is C31H20BN3. The summed E-state index contributed by atoms with van der Waals surface area (Å²) in [5.41, 5.74) is 10.1. The van der Waals surface area contributed by atoms with Crippen molar-refractivity contribution in [3.63, 3.8) is 0 Å². The maximum atomic E-state index is 4.17. The van der Waals surface area contributed by atoms with Gasteiger partial charge in [0, 0.05) is 60.9 Å². The molecule has 0 N–H and O–H groups in total. The Labute approximate surface area is 202 Å². The summed E-state index contributed by atoms with van der Waals surface area (Å²) < 4.78 is 2.61. The number of hydrogen-bond acceptors (Lipinski definition) is 2. The molecule has 4 heteroatoms. The molecule has 3 aliphatic rings. The van der Waals surface area contributed by atoms with E-state index in [0.717, 1.165) is 5.56 Å². The van der Waals surface area contributed by atoms with E-state index in [9.17, 15) is 0 Å². The fourth-order valence-corrected chi connectivity index (χ4v) is 7.08. The van der Waals surface area contributed by atoms with Crippen LogP contribution in [0, 0.1) is 0 Å². The number of hydrogen-bond donors (Lipinski definition) is 0. The van der Waals surface area contributed by atoms with Crippen molar-refractivity contribution in [3.8, 4) is 0 Å². The van der Waals surface area contributed by atoms with Crippen LogP contribution in [0.15, 0.2) is 91.5 Å². The molecule has 162 valence electrons. The molecule has 4 heterocycles. The van der Waals surface area contributed by atoms with Crippen molar-refractivity contribution >= 4 is 79.3 Å². The predicted molar refractivity (Wildman–Crippen MR) is 150 cm³/mol. The summed E-state index contributed by atoms with van der Waals surface area (Å²) >= 11 is 0. The van der Waals surface area contributed by atoms with Crippen LogP contribution in [0.4, 0.5) is 17.1 Å². The van der Waals surface area contributed by atoms with Crippen molar-refractivity contribution in [3.05, 3.63) is 103 Å². The summed E-state index contributed by atoms with van der Waals surface area (Å²) in [7, 11) is -0.00485. The number of benzene rings is 5. The Kier molecular flexibility index (Phi) is 2.97. The number of allylic oxidation sites excluding steroid dienone is 1. The smallest absolute Gasteiger partial charge is 0.344 e. The Morgan fingerprint density at radius 1 is 0.686 bits per heavy atom. The first-order valence-electron chi connectivity index (χ1n) is 12.2. The highest BCUT2D eigenvalue weighted by Gasteiger charge is 2.50. The van der Waals surface area contributed by atoms with Gasteiger partial charge in [-0.25, -0.2) is 0 Å². The van der Waals surface area contributed by atoms with Crippen molar-refractivity contribution in [2.45, 2.75) is 6.92 Å². The minimum absolute atomic E-state index is 0.00485. The SMILES string of the molecule is C=Cc1cccc2c1/C(=C\C)N1B3N2c2cccc4ccc5c6ccc7cccc1c7c6n3c5c24. The lowest BCUT2D eigenvalue weighted by Crippen LogP contribution is -2.60. The van der Waals surface area contributed by atoms with Gasteiger partial charge in [-0.05, 0) is 41.5 Å². The van der Waals surface area contributed by atoms with Gasteiger partial charge in [0.15, 0.2) is 0 Å². The quantitative estimate of drug-likeness (QED) is 0.238. The molecule has 0 fully saturated rings. The van der Waals surface area contributed by atoms with Crippen LogP contribution in [0.1, 0.15) is 18.1 Å². The molecule has 0 aliphatic carbocycles. The molecule has 0 bridgehead atoms. The topological polar surface area (TPSA) is 11.4 Å². The Balaban J connectivity index is 1.63. The Morgan fingerprint density at radius 3 is 1.91 bits per heavy atom. The standard InChI is InChI=1S/C31H20BN3/c1-3-18-8-5-11-24-27(18)23(4-2)33-25-12-6-9-19-14-16-21-22-17-15-20-10-7-13-26-29(20)31(22)35(30(21)28(19)25)32(33)34(24)26/h3-17H,1H2,2H3/b23-4+. The summed E-state index contributed by atoms with van der Waals surface area (Å²) in [4.78, 5) is 5.11. The van der Waals surface area contributed by atoms with E-state index in [1.807, 2.05) is 6.08 Å². The number of anilines is 3. The molecule has 35 heavy (non-hydrogen) atoms. The molecule has 0 unspecified atom stereocenters. The zero-order valence-corrected chi connectivity index (χ0v) is 19.3. The van der Waals surface area contributed by atoms with Crippen molar-refractivity contribution in [1.29, 1.82) is 0 Å². The van der Waals surface area contributed by atoms with Crippen LogP contribution >= 0.6 is 0 Å². The van der Waals surface area contributed by atoms with Gasteiger partial charge in [-0.15, -0.1) is 0 Å². The average molecular weight is 445 g/mol. The molecule has 3 aliphatic heterocycles. The summed E-state index contributed by atoms with van der Waals surface area (Å²) in [6, 6.07) is 29.3. The van der Waals surface area contributed by atoms with Gasteiger partial charge in [0.1, 0.15) is 0 Å². The van der Waals surface area contributed by atoms with Gasteiger partial charge in [0.2, 0.25) is 0 Å². The highest BCUT2D eigenvalue weighted by atomic mass is 15.4. The molecule has 9 rings (SSSR count). The third-order valence-corrected chi connectivity index (χ3v) is 8.32. The zero-order chi connectivity index (χ0) is 23.0. The Hall–Kier alpha value is -4.44. The third kappa shape index (κ3) is 1.80. The fourth-order valence-electron chi connectivity index (χ4n) is 7.08. The van der Waals surface area contributed by atoms with E-state index in [1.54, 1.807) is 0 Å². The van der Waals surface area contributed by atoms with Gasteiger partial charge in [-0.3, -0.25) is 0 Å². The first-order valence-corrected chi connectivity index (χ1v) is 12.2. The minimum Gasteiger partial charge on any atom is -0.344 e. The highest BCUT2D eigenvalue weighted by molar-refractivity contribution is 6.76. The zero-order valence-electron chi connectivity index (χ0n) is 19.3. The molecule has 0 amide bonds. The maximum Gasteiger partial charge on any atom is 0.519 e. The summed E-state index contributed by atoms with van der Waals surface area (Å²) in [6.45, 7) is 6.33. The number of nitrogens with zero attached hydrogens (tertiary/aromatic N) is 3. The van der Waals surface area contributed by atoms with Gasteiger partial charge in [0.05, 0.1) is 0 Å². The normalized spacial score (nSPS) is 16.1. The number of rotatable bonds is 1. The van der Waals surface area contributed by atoms with E-state index in [1.165, 1.54) is 71.7 Å². The van der Waals surface area contributed by atoms with Crippen LogP contribution in [0.25, 0.3) is 55.1 Å². The largest absolute Gasteiger partial charge is 0.519 e. The van der Waals surface area contributed by atoms with Crippen molar-refractivity contribution < 1.29 is 0 Å². The second kappa shape index (κ2) is 5.79. The molecule has 1 aromatic heterocycles. The van der Waals surface area contributed by atoms with Crippen LogP contribution in [0.3, 0.4) is 0 Å². The van der Waals surface area contributed by atoms with Crippen LogP contribution < -0.4 is 9.62 Å². The lowest BCUT2D eigenvalue weighted by atomic mass is 9.72. The number of aromatic nitrogens is 1. The summed E-state index contributed by atoms with van der Waals surface area (Å²) in [5, 5.41) is 7.92. The van der Waals surface area contributed by atoms with Gasteiger partial charge >= 0.3 is 7.12 Å². The van der Waals surface area contributed by atoms with Crippen molar-refractivity contribution in [1.82, 2.24) is 4.48 Å². The highest BCUT2D eigenvalue weighted by Crippen LogP contribution is 2.55. The van der Waals surface area contributed by atoms with E-state index < -0.39 is 0 Å². The minimum atomic E-state index is -0.00485. The summed E-state index contributed by atoms with van der Waals surface area (Å²) in [6.07, 6.45) is 4.26. The molecule has 0 spiro atoms. The Bertz CT molecular complexity index is 2010. The fraction of sp³-hybridized carbons (Fsp3) is 0.0323. The van der Waals surface area contributed by atoms with Crippen LogP contribution in [0.5, 0.6) is 0 Å². The second-order valence-corrected chi connectivity index (χ2v) is 9.75. The Morgan fingerprint density at radius 2 is 1.29 bits per heavy atom. The van der Waals surface area contributed by atoms with E-state index in [2.05, 4.69) is 113 Å². The van der Waals surface area contributed by atoms with Crippen molar-refractivity contribution in [2.75, 3.05) is 9.62 Å². The van der Waals surface area contributed by atoms with Gasteiger partial charge in [0.25, 0.3) is 0 Å². The molecule has 0 saturated carbocycles. The van der Waals surface area contributed by atoms with E-state index in [4.69, 9.17) is 0 Å². The van der Waals surface area contributed by atoms with Gasteiger partial charge < -0.3 is 14.1 Å². The lowest BCUT2D eigenvalue weighted by molar-refractivity contribution is 1.12. The molecule has 0 saturated heterocycles. The summed E-state index contributed by atoms with van der Waals surface area (Å²) in [5.74, 6) is 0. The molecule has 0 atom stereocenters. The second-order valence-electron chi connectivity index (χ2n) is 9.75. The first kappa shape index (κ1) is 18.0. The predicted octanol–water partition coefficient (Wildman–Crippen LogP) is 7.92. The first-order chi connectivity index (χ1) is 17.3. The molecular weight excluding hydrogens is 425 g/mol. The van der Waals surface area contributed by atoms with Crippen LogP contribution in [0.2, 0.25) is 0 Å². The maximum absolute atomic E-state index is 4.17. The molecule has 5 aromatic carbocycles.